The van der Waals surface area contributed by atoms with Crippen molar-refractivity contribution >= 4 is 54.9 Å². The Labute approximate surface area is 262 Å². The summed E-state index contributed by atoms with van der Waals surface area (Å²) in [5.41, 5.74) is 3.72. The van der Waals surface area contributed by atoms with E-state index in [1.807, 2.05) is 44.2 Å². The first-order valence-electron chi connectivity index (χ1n) is 13.7. The summed E-state index contributed by atoms with van der Waals surface area (Å²) < 4.78 is 19.3. The molecule has 0 bridgehead atoms. The largest absolute Gasteiger partial charge is 0.494 e. The second-order valence-electron chi connectivity index (χ2n) is 9.93. The van der Waals surface area contributed by atoms with Gasteiger partial charge in [0.2, 0.25) is 0 Å². The topological polar surface area (TPSA) is 92.0 Å². The molecule has 8 nitrogen and oxygen atoms in total. The summed E-state index contributed by atoms with van der Waals surface area (Å²) in [4.78, 5) is 30.7. The molecular weight excluding hydrogens is 666 g/mol. The van der Waals surface area contributed by atoms with E-state index in [1.54, 1.807) is 38.3 Å². The van der Waals surface area contributed by atoms with Crippen LogP contribution in [-0.4, -0.2) is 41.2 Å². The van der Waals surface area contributed by atoms with Gasteiger partial charge in [0, 0.05) is 5.56 Å². The number of para-hydroxylation sites is 1. The van der Waals surface area contributed by atoms with E-state index in [0.717, 1.165) is 22.4 Å². The Morgan fingerprint density at radius 1 is 1.05 bits per heavy atom. The first-order valence-corrected chi connectivity index (χ1v) is 15.3. The highest BCUT2D eigenvalue weighted by atomic mass is 79.9. The van der Waals surface area contributed by atoms with Gasteiger partial charge in [-0.25, -0.2) is 9.78 Å². The summed E-state index contributed by atoms with van der Waals surface area (Å²) in [5.74, 6) is 1.43. The fourth-order valence-electron chi connectivity index (χ4n) is 4.45. The number of fused-ring (bicyclic) bond motifs is 1. The summed E-state index contributed by atoms with van der Waals surface area (Å²) in [5, 5.41) is 5.09. The molecule has 4 aromatic rings. The molecule has 3 aromatic carbocycles. The maximum Gasteiger partial charge on any atom is 0.347 e. The molecule has 0 radical (unpaired) electrons. The van der Waals surface area contributed by atoms with Gasteiger partial charge in [-0.15, -0.1) is 0 Å². The number of aryl methyl sites for hydroxylation is 1. The first-order chi connectivity index (χ1) is 20.0. The number of hydrogen-bond acceptors (Lipinski definition) is 7. The number of carbonyl (C=O) groups is 1. The van der Waals surface area contributed by atoms with Crippen molar-refractivity contribution in [3.63, 3.8) is 0 Å². The van der Waals surface area contributed by atoms with Gasteiger partial charge in [-0.1, -0.05) is 26.0 Å². The van der Waals surface area contributed by atoms with Crippen LogP contribution in [-0.2, 0) is 9.53 Å². The zero-order chi connectivity index (χ0) is 30.6. The zero-order valence-corrected chi connectivity index (χ0v) is 27.6. The molecule has 0 saturated carbocycles. The molecule has 4 rings (SSSR count). The van der Waals surface area contributed by atoms with Gasteiger partial charge in [-0.05, 0) is 119 Å². The number of aromatic nitrogens is 2. The second-order valence-corrected chi connectivity index (χ2v) is 11.6. The molecule has 42 heavy (non-hydrogen) atoms. The lowest BCUT2D eigenvalue weighted by atomic mass is 9.96. The Morgan fingerprint density at radius 2 is 1.74 bits per heavy atom. The van der Waals surface area contributed by atoms with E-state index in [9.17, 15) is 9.59 Å². The minimum Gasteiger partial charge on any atom is -0.494 e. The zero-order valence-electron chi connectivity index (χ0n) is 24.4. The Hall–Kier alpha value is -3.50. The number of rotatable bonds is 10. The van der Waals surface area contributed by atoms with Crippen LogP contribution in [0.3, 0.4) is 0 Å². The van der Waals surface area contributed by atoms with E-state index in [4.69, 9.17) is 19.2 Å². The van der Waals surface area contributed by atoms with Gasteiger partial charge < -0.3 is 14.2 Å². The molecular formula is C32H33Br2N3O5. The number of nitrogens with zero attached hydrogens (tertiary/aromatic N) is 3. The molecule has 1 aromatic heterocycles. The Morgan fingerprint density at radius 3 is 2.38 bits per heavy atom. The van der Waals surface area contributed by atoms with Crippen LogP contribution < -0.4 is 15.0 Å². The maximum absolute atomic E-state index is 13.8. The number of hydrogen-bond donors (Lipinski definition) is 0. The fourth-order valence-corrected chi connectivity index (χ4v) is 5.86. The van der Waals surface area contributed by atoms with Crippen molar-refractivity contribution in [2.75, 3.05) is 13.2 Å². The third kappa shape index (κ3) is 6.76. The van der Waals surface area contributed by atoms with Crippen LogP contribution in [0, 0.1) is 6.92 Å². The molecule has 0 unspecified atom stereocenters. The van der Waals surface area contributed by atoms with Crippen molar-refractivity contribution in [3.8, 4) is 22.9 Å². The van der Waals surface area contributed by atoms with E-state index in [-0.39, 0.29) is 18.1 Å². The van der Waals surface area contributed by atoms with E-state index in [2.05, 4.69) is 50.8 Å². The van der Waals surface area contributed by atoms with E-state index in [1.165, 1.54) is 4.68 Å². The molecule has 0 aliphatic carbocycles. The average molecular weight is 699 g/mol. The van der Waals surface area contributed by atoms with Crippen molar-refractivity contribution in [1.82, 2.24) is 9.66 Å². The van der Waals surface area contributed by atoms with Crippen LogP contribution in [0.15, 0.2) is 67.4 Å². The molecule has 0 spiro atoms. The van der Waals surface area contributed by atoms with Gasteiger partial charge in [0.25, 0.3) is 5.56 Å². The van der Waals surface area contributed by atoms with Gasteiger partial charge >= 0.3 is 5.97 Å². The van der Waals surface area contributed by atoms with Crippen molar-refractivity contribution in [1.29, 1.82) is 0 Å². The van der Waals surface area contributed by atoms with Crippen LogP contribution >= 0.6 is 31.9 Å². The minimum atomic E-state index is -0.796. The summed E-state index contributed by atoms with van der Waals surface area (Å²) in [7, 11) is 0. The lowest BCUT2D eigenvalue weighted by Crippen LogP contribution is -2.26. The first kappa shape index (κ1) is 31.4. The third-order valence-electron chi connectivity index (χ3n) is 6.53. The molecule has 220 valence electrons. The summed E-state index contributed by atoms with van der Waals surface area (Å²) in [6, 6.07) is 14.9. The Bertz CT molecular complexity index is 1690. The van der Waals surface area contributed by atoms with Crippen LogP contribution in [0.4, 0.5) is 0 Å². The van der Waals surface area contributed by atoms with Crippen molar-refractivity contribution in [2.24, 2.45) is 5.10 Å². The quantitative estimate of drug-likeness (QED) is 0.125. The normalized spacial score (nSPS) is 12.2. The van der Waals surface area contributed by atoms with Gasteiger partial charge in [-0.3, -0.25) is 4.79 Å². The molecule has 0 aliphatic heterocycles. The van der Waals surface area contributed by atoms with E-state index in [0.29, 0.717) is 43.6 Å². The highest BCUT2D eigenvalue weighted by molar-refractivity contribution is 9.11. The molecule has 0 N–H and O–H groups in total. The minimum absolute atomic E-state index is 0.192. The van der Waals surface area contributed by atoms with Crippen molar-refractivity contribution in [3.05, 3.63) is 84.5 Å². The lowest BCUT2D eigenvalue weighted by molar-refractivity contribution is -0.150. The summed E-state index contributed by atoms with van der Waals surface area (Å²) in [6.45, 7) is 12.3. The van der Waals surface area contributed by atoms with E-state index >= 15 is 0 Å². The van der Waals surface area contributed by atoms with Gasteiger partial charge in [0.1, 0.15) is 11.5 Å². The predicted molar refractivity (Wildman–Crippen MR) is 173 cm³/mol. The van der Waals surface area contributed by atoms with Crippen LogP contribution in [0.25, 0.3) is 22.3 Å². The number of ether oxygens (including phenoxy) is 3. The molecule has 1 heterocycles. The van der Waals surface area contributed by atoms with Crippen molar-refractivity contribution < 1.29 is 19.0 Å². The average Bonchev–Trinajstić information content (AvgIpc) is 2.94. The maximum atomic E-state index is 13.8. The lowest BCUT2D eigenvalue weighted by Gasteiger charge is -2.18. The third-order valence-corrected chi connectivity index (χ3v) is 7.71. The predicted octanol–water partition coefficient (Wildman–Crippen LogP) is 7.63. The smallest absolute Gasteiger partial charge is 0.347 e. The SMILES string of the molecule is CCOC(=O)[C@@H](C)Oc1c(Br)cc(C=Nn2c(-c3cc(C(C)C)c(OCC)cc3C)nc3ccccc3c2=O)cc1Br. The highest BCUT2D eigenvalue weighted by Gasteiger charge is 2.21. The molecule has 0 aliphatic rings. The molecule has 0 fully saturated rings. The Balaban J connectivity index is 1.83. The van der Waals surface area contributed by atoms with Crippen LogP contribution in [0.2, 0.25) is 0 Å². The van der Waals surface area contributed by atoms with Crippen LogP contribution in [0.1, 0.15) is 57.2 Å². The highest BCUT2D eigenvalue weighted by Crippen LogP contribution is 2.36. The monoisotopic (exact) mass is 697 g/mol. The van der Waals surface area contributed by atoms with Gasteiger partial charge in [0.15, 0.2) is 11.9 Å². The molecule has 0 saturated heterocycles. The number of esters is 1. The van der Waals surface area contributed by atoms with Gasteiger partial charge in [0.05, 0.1) is 39.3 Å². The number of halogens is 2. The van der Waals surface area contributed by atoms with Crippen molar-refractivity contribution in [2.45, 2.75) is 53.6 Å². The standard InChI is InChI=1S/C32H33Br2N3O5/c1-7-40-28-13-19(5)24(16-23(28)18(3)4)30-36-27-12-10-9-11-22(27)31(38)37(30)35-17-21-14-25(33)29(26(34)15-21)42-20(6)32(39)41-8-2/h9-18,20H,7-8H2,1-6H3/t20-/m1/s1. The summed E-state index contributed by atoms with van der Waals surface area (Å²) >= 11 is 7.06. The molecule has 10 heteroatoms. The number of benzene rings is 3. The number of carbonyl (C=O) groups excluding carboxylic acids is 1. The molecule has 1 atom stereocenters. The summed E-state index contributed by atoms with van der Waals surface area (Å²) in [6.07, 6.45) is 0.790. The van der Waals surface area contributed by atoms with Gasteiger partial charge in [-0.2, -0.15) is 9.78 Å². The molecule has 0 amide bonds. The van der Waals surface area contributed by atoms with Crippen LogP contribution in [0.5, 0.6) is 11.5 Å². The fraction of sp³-hybridized carbons (Fsp3) is 0.312. The Kier molecular flexibility index (Phi) is 10.2. The second kappa shape index (κ2) is 13.6. The van der Waals surface area contributed by atoms with E-state index < -0.39 is 12.1 Å².